The summed E-state index contributed by atoms with van der Waals surface area (Å²) in [5.74, 6) is -0.999. The summed E-state index contributed by atoms with van der Waals surface area (Å²) in [4.78, 5) is 14.9. The Morgan fingerprint density at radius 2 is 2.21 bits per heavy atom. The maximum atomic E-state index is 10.8. The van der Waals surface area contributed by atoms with Crippen LogP contribution in [0.15, 0.2) is 12.3 Å². The molecule has 4 heteroatoms. The van der Waals surface area contributed by atoms with Gasteiger partial charge in [0.1, 0.15) is 0 Å². The van der Waals surface area contributed by atoms with Crippen molar-refractivity contribution in [3.63, 3.8) is 0 Å². The van der Waals surface area contributed by atoms with Crippen LogP contribution in [0.1, 0.15) is 22.9 Å². The summed E-state index contributed by atoms with van der Waals surface area (Å²) in [5, 5.41) is 8.87. The zero-order valence-electron chi connectivity index (χ0n) is 8.44. The van der Waals surface area contributed by atoms with Crippen LogP contribution in [0.5, 0.6) is 0 Å². The Balaban J connectivity index is 3.10. The molecule has 1 unspecified atom stereocenters. The normalized spacial score (nSPS) is 12.5. The molecule has 4 nitrogen and oxygen atoms in total. The summed E-state index contributed by atoms with van der Waals surface area (Å²) in [5.41, 5.74) is 2.35. The summed E-state index contributed by atoms with van der Waals surface area (Å²) in [7, 11) is 1.37. The fourth-order valence-electron chi connectivity index (χ4n) is 1.34. The average Bonchev–Trinajstić information content (AvgIpc) is 2.09. The first kappa shape index (κ1) is 10.7. The molecule has 0 radical (unpaired) electrons. The van der Waals surface area contributed by atoms with E-state index in [9.17, 15) is 4.79 Å². The van der Waals surface area contributed by atoms with Gasteiger partial charge in [0.15, 0.2) is 6.10 Å². The first-order valence-corrected chi connectivity index (χ1v) is 4.25. The molecule has 0 saturated heterocycles. The molecule has 0 amide bonds. The highest BCUT2D eigenvalue weighted by Crippen LogP contribution is 2.20. The SMILES string of the molecule is COC(C(=O)O)c1cnc(C)cc1C. The molecule has 1 aromatic heterocycles. The van der Waals surface area contributed by atoms with Crippen molar-refractivity contribution in [2.24, 2.45) is 0 Å². The number of hydrogen-bond acceptors (Lipinski definition) is 3. The van der Waals surface area contributed by atoms with Crippen molar-refractivity contribution in [2.75, 3.05) is 7.11 Å². The Hall–Kier alpha value is -1.42. The fourth-order valence-corrected chi connectivity index (χ4v) is 1.34. The molecule has 14 heavy (non-hydrogen) atoms. The number of rotatable bonds is 3. The fraction of sp³-hybridized carbons (Fsp3) is 0.400. The van der Waals surface area contributed by atoms with Gasteiger partial charge in [-0.05, 0) is 25.5 Å². The van der Waals surface area contributed by atoms with Crippen LogP contribution in [0, 0.1) is 13.8 Å². The highest BCUT2D eigenvalue weighted by atomic mass is 16.5. The van der Waals surface area contributed by atoms with Crippen molar-refractivity contribution in [3.8, 4) is 0 Å². The maximum absolute atomic E-state index is 10.8. The summed E-state index contributed by atoms with van der Waals surface area (Å²) in [6.45, 7) is 3.71. The lowest BCUT2D eigenvalue weighted by Crippen LogP contribution is -2.15. The van der Waals surface area contributed by atoms with Gasteiger partial charge in [0.05, 0.1) is 0 Å². The lowest BCUT2D eigenvalue weighted by Gasteiger charge is -2.13. The minimum Gasteiger partial charge on any atom is -0.479 e. The highest BCUT2D eigenvalue weighted by Gasteiger charge is 2.20. The molecule has 0 fully saturated rings. The van der Waals surface area contributed by atoms with Gasteiger partial charge >= 0.3 is 5.97 Å². The van der Waals surface area contributed by atoms with Gasteiger partial charge in [-0.1, -0.05) is 0 Å². The van der Waals surface area contributed by atoms with Crippen LogP contribution < -0.4 is 0 Å². The Morgan fingerprint density at radius 1 is 1.57 bits per heavy atom. The molecule has 1 N–H and O–H groups in total. The van der Waals surface area contributed by atoms with E-state index in [0.29, 0.717) is 5.56 Å². The summed E-state index contributed by atoms with van der Waals surface area (Å²) < 4.78 is 4.88. The van der Waals surface area contributed by atoms with Crippen molar-refractivity contribution in [1.29, 1.82) is 0 Å². The third kappa shape index (κ3) is 2.09. The number of nitrogens with zero attached hydrogens (tertiary/aromatic N) is 1. The number of aromatic nitrogens is 1. The summed E-state index contributed by atoms with van der Waals surface area (Å²) >= 11 is 0. The van der Waals surface area contributed by atoms with Crippen LogP contribution in [-0.2, 0) is 9.53 Å². The summed E-state index contributed by atoms with van der Waals surface area (Å²) in [6, 6.07) is 1.84. The molecule has 0 aliphatic rings. The van der Waals surface area contributed by atoms with E-state index in [1.165, 1.54) is 7.11 Å². The molecule has 1 aromatic rings. The molecule has 76 valence electrons. The van der Waals surface area contributed by atoms with Gasteiger partial charge in [0, 0.05) is 24.6 Å². The van der Waals surface area contributed by atoms with E-state index in [1.54, 1.807) is 6.20 Å². The minimum absolute atomic E-state index is 0.602. The highest BCUT2D eigenvalue weighted by molar-refractivity contribution is 5.74. The smallest absolute Gasteiger partial charge is 0.337 e. The van der Waals surface area contributed by atoms with E-state index in [4.69, 9.17) is 9.84 Å². The molecule has 0 bridgehead atoms. The van der Waals surface area contributed by atoms with Gasteiger partial charge in [-0.15, -0.1) is 0 Å². The molecule has 0 aliphatic heterocycles. The maximum Gasteiger partial charge on any atom is 0.337 e. The second kappa shape index (κ2) is 4.19. The Morgan fingerprint density at radius 3 is 2.64 bits per heavy atom. The van der Waals surface area contributed by atoms with E-state index in [1.807, 2.05) is 19.9 Å². The zero-order valence-corrected chi connectivity index (χ0v) is 8.44. The number of hydrogen-bond donors (Lipinski definition) is 1. The summed E-state index contributed by atoms with van der Waals surface area (Å²) in [6.07, 6.45) is 0.621. The standard InChI is InChI=1S/C10H13NO3/c1-6-4-7(2)11-5-8(6)9(14-3)10(12)13/h4-5,9H,1-3H3,(H,12,13). The van der Waals surface area contributed by atoms with Gasteiger partial charge in [-0.2, -0.15) is 0 Å². The van der Waals surface area contributed by atoms with E-state index >= 15 is 0 Å². The van der Waals surface area contributed by atoms with E-state index in [0.717, 1.165) is 11.3 Å². The van der Waals surface area contributed by atoms with E-state index in [-0.39, 0.29) is 0 Å². The van der Waals surface area contributed by atoms with Crippen molar-refractivity contribution >= 4 is 5.97 Å². The predicted octanol–water partition coefficient (Wildman–Crippen LogP) is 1.47. The second-order valence-electron chi connectivity index (χ2n) is 3.14. The Labute approximate surface area is 82.5 Å². The molecule has 1 rings (SSSR count). The monoisotopic (exact) mass is 195 g/mol. The number of methoxy groups -OCH3 is 1. The van der Waals surface area contributed by atoms with Gasteiger partial charge in [-0.3, -0.25) is 4.98 Å². The molecular formula is C10H13NO3. The van der Waals surface area contributed by atoms with Gasteiger partial charge in [0.25, 0.3) is 0 Å². The first-order chi connectivity index (χ1) is 6.56. The molecular weight excluding hydrogens is 182 g/mol. The third-order valence-electron chi connectivity index (χ3n) is 2.03. The Bertz CT molecular complexity index is 349. The molecule has 0 aliphatic carbocycles. The number of aryl methyl sites for hydroxylation is 2. The number of carbonyl (C=O) groups is 1. The van der Waals surface area contributed by atoms with Crippen LogP contribution in [0.4, 0.5) is 0 Å². The van der Waals surface area contributed by atoms with Gasteiger partial charge < -0.3 is 9.84 Å². The van der Waals surface area contributed by atoms with Crippen LogP contribution in [-0.4, -0.2) is 23.2 Å². The second-order valence-corrected chi connectivity index (χ2v) is 3.14. The molecule has 1 atom stereocenters. The van der Waals surface area contributed by atoms with Crippen LogP contribution in [0.25, 0.3) is 0 Å². The number of carboxylic acid groups (broad SMARTS) is 1. The topological polar surface area (TPSA) is 59.4 Å². The number of aliphatic carboxylic acids is 1. The van der Waals surface area contributed by atoms with Crippen LogP contribution >= 0.6 is 0 Å². The average molecular weight is 195 g/mol. The molecule has 0 aromatic carbocycles. The lowest BCUT2D eigenvalue weighted by atomic mass is 10.1. The Kier molecular flexibility index (Phi) is 3.19. The van der Waals surface area contributed by atoms with Gasteiger partial charge in [-0.25, -0.2) is 4.79 Å². The van der Waals surface area contributed by atoms with Crippen LogP contribution in [0.3, 0.4) is 0 Å². The van der Waals surface area contributed by atoms with E-state index in [2.05, 4.69) is 4.98 Å². The van der Waals surface area contributed by atoms with Crippen molar-refractivity contribution in [1.82, 2.24) is 4.98 Å². The van der Waals surface area contributed by atoms with Crippen molar-refractivity contribution < 1.29 is 14.6 Å². The molecule has 0 saturated carbocycles. The zero-order chi connectivity index (χ0) is 10.7. The minimum atomic E-state index is -0.999. The van der Waals surface area contributed by atoms with Gasteiger partial charge in [0.2, 0.25) is 0 Å². The van der Waals surface area contributed by atoms with E-state index < -0.39 is 12.1 Å². The number of ether oxygens (including phenoxy) is 1. The third-order valence-corrected chi connectivity index (χ3v) is 2.03. The van der Waals surface area contributed by atoms with Crippen LogP contribution in [0.2, 0.25) is 0 Å². The number of pyridine rings is 1. The first-order valence-electron chi connectivity index (χ1n) is 4.25. The number of carboxylic acids is 1. The molecule has 0 spiro atoms. The van der Waals surface area contributed by atoms with Crippen molar-refractivity contribution in [3.05, 3.63) is 29.1 Å². The lowest BCUT2D eigenvalue weighted by molar-refractivity contribution is -0.148. The largest absolute Gasteiger partial charge is 0.479 e. The quantitative estimate of drug-likeness (QED) is 0.793. The predicted molar refractivity (Wildman–Crippen MR) is 51.1 cm³/mol. The van der Waals surface area contributed by atoms with Crippen molar-refractivity contribution in [2.45, 2.75) is 20.0 Å². The molecule has 1 heterocycles.